The summed E-state index contributed by atoms with van der Waals surface area (Å²) in [4.78, 5) is 15.3. The highest BCUT2D eigenvalue weighted by Gasteiger charge is 2.10. The first kappa shape index (κ1) is 17.7. The summed E-state index contributed by atoms with van der Waals surface area (Å²) in [5.74, 6) is 1.48. The number of halogens is 1. The SMILES string of the molecule is CC(=O)Nc1nc(CSc2nnc(COc3ccc(Cl)cc3)o2)cs1. The fourth-order valence-electron chi connectivity index (χ4n) is 1.75. The smallest absolute Gasteiger partial charge is 0.277 e. The summed E-state index contributed by atoms with van der Waals surface area (Å²) >= 11 is 8.56. The van der Waals surface area contributed by atoms with Crippen LogP contribution in [0.3, 0.4) is 0 Å². The van der Waals surface area contributed by atoms with Crippen LogP contribution in [0.5, 0.6) is 5.75 Å². The highest BCUT2D eigenvalue weighted by Crippen LogP contribution is 2.24. The average Bonchev–Trinajstić information content (AvgIpc) is 3.21. The molecule has 25 heavy (non-hydrogen) atoms. The molecule has 0 unspecified atom stereocenters. The van der Waals surface area contributed by atoms with E-state index in [0.29, 0.717) is 32.8 Å². The van der Waals surface area contributed by atoms with Crippen molar-refractivity contribution < 1.29 is 13.9 Å². The second-order valence-corrected chi connectivity index (χ2v) is 7.04. The summed E-state index contributed by atoms with van der Waals surface area (Å²) in [5, 5.41) is 14.1. The maximum atomic E-state index is 11.0. The van der Waals surface area contributed by atoms with Crippen molar-refractivity contribution in [3.05, 3.63) is 46.3 Å². The Kier molecular flexibility index (Phi) is 5.90. The van der Waals surface area contributed by atoms with Crippen molar-refractivity contribution >= 4 is 45.7 Å². The van der Waals surface area contributed by atoms with Gasteiger partial charge in [0.25, 0.3) is 11.1 Å². The highest BCUT2D eigenvalue weighted by atomic mass is 35.5. The van der Waals surface area contributed by atoms with Gasteiger partial charge in [0.15, 0.2) is 11.7 Å². The molecule has 7 nitrogen and oxygen atoms in total. The lowest BCUT2D eigenvalue weighted by atomic mass is 10.3. The van der Waals surface area contributed by atoms with Gasteiger partial charge >= 0.3 is 0 Å². The van der Waals surface area contributed by atoms with E-state index in [1.165, 1.54) is 30.0 Å². The zero-order chi connectivity index (χ0) is 17.6. The molecule has 2 aromatic heterocycles. The average molecular weight is 397 g/mol. The second-order valence-electron chi connectivity index (χ2n) is 4.82. The Morgan fingerprint density at radius 2 is 2.16 bits per heavy atom. The predicted octanol–water partition coefficient (Wildman–Crippen LogP) is 4.01. The number of hydrogen-bond acceptors (Lipinski definition) is 8. The Morgan fingerprint density at radius 3 is 2.92 bits per heavy atom. The van der Waals surface area contributed by atoms with E-state index in [1.54, 1.807) is 24.3 Å². The summed E-state index contributed by atoms with van der Waals surface area (Å²) in [6.07, 6.45) is 0. The van der Waals surface area contributed by atoms with E-state index in [-0.39, 0.29) is 12.5 Å². The van der Waals surface area contributed by atoms with E-state index in [2.05, 4.69) is 20.5 Å². The Hall–Kier alpha value is -2.10. The number of ether oxygens (including phenoxy) is 1. The lowest BCUT2D eigenvalue weighted by Crippen LogP contribution is -2.05. The molecule has 1 N–H and O–H groups in total. The van der Waals surface area contributed by atoms with Crippen LogP contribution in [0.25, 0.3) is 0 Å². The third-order valence-corrected chi connectivity index (χ3v) is 4.71. The molecule has 0 atom stereocenters. The van der Waals surface area contributed by atoms with Crippen LogP contribution in [0.1, 0.15) is 18.5 Å². The molecule has 1 aromatic carbocycles. The van der Waals surface area contributed by atoms with Gasteiger partial charge in [-0.05, 0) is 24.3 Å². The molecular formula is C15H13ClN4O3S2. The van der Waals surface area contributed by atoms with Gasteiger partial charge in [0.05, 0.1) is 5.69 Å². The van der Waals surface area contributed by atoms with Gasteiger partial charge in [-0.25, -0.2) is 4.98 Å². The molecule has 1 amide bonds. The number of hydrogen-bond donors (Lipinski definition) is 1. The molecule has 0 bridgehead atoms. The van der Waals surface area contributed by atoms with Gasteiger partial charge in [0.1, 0.15) is 5.75 Å². The first-order chi connectivity index (χ1) is 12.1. The summed E-state index contributed by atoms with van der Waals surface area (Å²) in [6.45, 7) is 1.63. The zero-order valence-corrected chi connectivity index (χ0v) is 15.5. The van der Waals surface area contributed by atoms with Crippen LogP contribution in [0.2, 0.25) is 5.02 Å². The van der Waals surface area contributed by atoms with Crippen LogP contribution in [0.15, 0.2) is 39.3 Å². The first-order valence-corrected chi connectivity index (χ1v) is 9.38. The lowest BCUT2D eigenvalue weighted by Gasteiger charge is -2.02. The van der Waals surface area contributed by atoms with E-state index in [1.807, 2.05) is 5.38 Å². The van der Waals surface area contributed by atoms with Crippen molar-refractivity contribution in [1.82, 2.24) is 15.2 Å². The van der Waals surface area contributed by atoms with Gasteiger partial charge in [-0.1, -0.05) is 23.4 Å². The van der Waals surface area contributed by atoms with Crippen LogP contribution in [-0.2, 0) is 17.2 Å². The minimum absolute atomic E-state index is 0.143. The number of carbonyl (C=O) groups excluding carboxylic acids is 1. The van der Waals surface area contributed by atoms with Crippen molar-refractivity contribution in [3.8, 4) is 5.75 Å². The summed E-state index contributed by atoms with van der Waals surface area (Å²) in [6, 6.07) is 7.02. The van der Waals surface area contributed by atoms with Crippen molar-refractivity contribution in [2.24, 2.45) is 0 Å². The number of benzene rings is 1. The molecule has 3 aromatic rings. The molecule has 0 aliphatic carbocycles. The van der Waals surface area contributed by atoms with Crippen molar-refractivity contribution in [2.45, 2.75) is 24.5 Å². The lowest BCUT2D eigenvalue weighted by molar-refractivity contribution is -0.114. The van der Waals surface area contributed by atoms with Crippen LogP contribution in [0, 0.1) is 0 Å². The van der Waals surface area contributed by atoms with E-state index in [9.17, 15) is 4.79 Å². The topological polar surface area (TPSA) is 90.1 Å². The first-order valence-electron chi connectivity index (χ1n) is 7.14. The molecule has 0 radical (unpaired) electrons. The predicted molar refractivity (Wildman–Crippen MR) is 96.1 cm³/mol. The third-order valence-electron chi connectivity index (χ3n) is 2.80. The number of carbonyl (C=O) groups is 1. The maximum Gasteiger partial charge on any atom is 0.277 e. The molecule has 0 aliphatic rings. The number of aromatic nitrogens is 3. The number of thiazole rings is 1. The Morgan fingerprint density at radius 1 is 1.36 bits per heavy atom. The molecule has 0 saturated carbocycles. The molecular weight excluding hydrogens is 384 g/mol. The van der Waals surface area contributed by atoms with Gasteiger partial charge < -0.3 is 14.5 Å². The third kappa shape index (κ3) is 5.45. The molecule has 2 heterocycles. The maximum absolute atomic E-state index is 11.0. The normalized spacial score (nSPS) is 10.6. The van der Waals surface area contributed by atoms with Crippen molar-refractivity contribution in [2.75, 3.05) is 5.32 Å². The summed E-state index contributed by atoms with van der Waals surface area (Å²) < 4.78 is 11.1. The van der Waals surface area contributed by atoms with Crippen molar-refractivity contribution in [3.63, 3.8) is 0 Å². The second kappa shape index (κ2) is 8.32. The fraction of sp³-hybridized carbons (Fsp3) is 0.200. The highest BCUT2D eigenvalue weighted by molar-refractivity contribution is 7.98. The quantitative estimate of drug-likeness (QED) is 0.603. The van der Waals surface area contributed by atoms with E-state index < -0.39 is 0 Å². The van der Waals surface area contributed by atoms with E-state index in [0.717, 1.165) is 5.69 Å². The minimum Gasteiger partial charge on any atom is -0.484 e. The standard InChI is InChI=1S/C15H13ClN4O3S2/c1-9(21)17-14-18-11(7-24-14)8-25-15-20-19-13(23-15)6-22-12-4-2-10(16)3-5-12/h2-5,7H,6,8H2,1H3,(H,17,18,21). The molecule has 0 spiro atoms. The molecule has 130 valence electrons. The Labute approximate surface area is 156 Å². The van der Waals surface area contributed by atoms with E-state index in [4.69, 9.17) is 20.8 Å². The van der Waals surface area contributed by atoms with Gasteiger partial charge in [0, 0.05) is 23.1 Å². The van der Waals surface area contributed by atoms with Crippen LogP contribution < -0.4 is 10.1 Å². The molecule has 0 fully saturated rings. The van der Waals surface area contributed by atoms with Gasteiger partial charge in [0.2, 0.25) is 5.91 Å². The number of anilines is 1. The van der Waals surface area contributed by atoms with Crippen LogP contribution in [-0.4, -0.2) is 21.1 Å². The Balaban J connectivity index is 1.49. The number of rotatable bonds is 7. The summed E-state index contributed by atoms with van der Waals surface area (Å²) in [7, 11) is 0. The number of thioether (sulfide) groups is 1. The molecule has 0 saturated heterocycles. The number of nitrogens with zero attached hydrogens (tertiary/aromatic N) is 3. The molecule has 3 rings (SSSR count). The van der Waals surface area contributed by atoms with Gasteiger partial charge in [-0.15, -0.1) is 21.5 Å². The van der Waals surface area contributed by atoms with Crippen LogP contribution >= 0.6 is 34.7 Å². The van der Waals surface area contributed by atoms with Crippen LogP contribution in [0.4, 0.5) is 5.13 Å². The summed E-state index contributed by atoms with van der Waals surface area (Å²) in [5.41, 5.74) is 0.830. The van der Waals surface area contributed by atoms with Gasteiger partial charge in [-0.3, -0.25) is 4.79 Å². The van der Waals surface area contributed by atoms with Gasteiger partial charge in [-0.2, -0.15) is 0 Å². The zero-order valence-electron chi connectivity index (χ0n) is 13.1. The largest absolute Gasteiger partial charge is 0.484 e. The number of nitrogens with one attached hydrogen (secondary N) is 1. The minimum atomic E-state index is -0.143. The molecule has 0 aliphatic heterocycles. The fourth-order valence-corrected chi connectivity index (χ4v) is 3.41. The van der Waals surface area contributed by atoms with Crippen molar-refractivity contribution in [1.29, 1.82) is 0 Å². The Bertz CT molecular complexity index is 851. The molecule has 10 heteroatoms. The monoisotopic (exact) mass is 396 g/mol. The number of amides is 1. The van der Waals surface area contributed by atoms with E-state index >= 15 is 0 Å².